The molecule has 134 valence electrons. The minimum Gasteiger partial charge on any atom is -0.438 e. The highest BCUT2D eigenvalue weighted by Crippen LogP contribution is 2.41. The minimum atomic E-state index is -0.639. The summed E-state index contributed by atoms with van der Waals surface area (Å²) in [6.07, 6.45) is 2.88. The van der Waals surface area contributed by atoms with Crippen molar-refractivity contribution >= 4 is 31.8 Å². The van der Waals surface area contributed by atoms with Crippen molar-refractivity contribution in [1.82, 2.24) is 9.97 Å². The van der Waals surface area contributed by atoms with Crippen molar-refractivity contribution in [3.8, 4) is 22.9 Å². The zero-order valence-corrected chi connectivity index (χ0v) is 17.3. The molecule has 0 radical (unpaired) electrons. The molecule has 0 fully saturated rings. The first kappa shape index (κ1) is 16.1. The Morgan fingerprint density at radius 3 is 2.75 bits per heavy atom. The van der Waals surface area contributed by atoms with Gasteiger partial charge in [-0.1, -0.05) is 60.3 Å². The largest absolute Gasteiger partial charge is 0.438 e. The molecule has 0 atom stereocenters. The fourth-order valence-electron chi connectivity index (χ4n) is 3.80. The number of aromatic nitrogens is 2. The van der Waals surface area contributed by atoms with Crippen molar-refractivity contribution in [3.63, 3.8) is 0 Å². The number of hydrogen-bond acceptors (Lipinski definition) is 4. The number of para-hydroxylation sites is 1. The lowest BCUT2D eigenvalue weighted by Gasteiger charge is -2.20. The molecule has 0 spiro atoms. The monoisotopic (exact) mass is 396 g/mol. The molecular weight excluding hydrogens is 380 g/mol. The van der Waals surface area contributed by atoms with Crippen LogP contribution in [0.2, 0.25) is 0 Å². The maximum Gasteiger partial charge on any atom is 0.236 e. The van der Waals surface area contributed by atoms with E-state index in [1.165, 1.54) is 26.1 Å². The third-order valence-electron chi connectivity index (χ3n) is 5.29. The molecule has 3 heterocycles. The Morgan fingerprint density at radius 1 is 0.893 bits per heavy atom. The van der Waals surface area contributed by atoms with Gasteiger partial charge >= 0.3 is 0 Å². The van der Waals surface area contributed by atoms with Gasteiger partial charge in [0.1, 0.15) is 15.3 Å². The van der Waals surface area contributed by atoms with Gasteiger partial charge in [0.15, 0.2) is 0 Å². The van der Waals surface area contributed by atoms with E-state index in [0.717, 1.165) is 28.7 Å². The highest BCUT2D eigenvalue weighted by atomic mass is 32.2. The molecule has 3 aromatic carbocycles. The van der Waals surface area contributed by atoms with Crippen molar-refractivity contribution in [2.75, 3.05) is 0 Å². The molecule has 4 aromatic rings. The molecule has 3 nitrogen and oxygen atoms in total. The molecule has 0 unspecified atom stereocenters. The van der Waals surface area contributed by atoms with E-state index in [1.807, 2.05) is 30.1 Å². The summed E-state index contributed by atoms with van der Waals surface area (Å²) in [6, 6.07) is 23.5. The van der Waals surface area contributed by atoms with Gasteiger partial charge in [-0.25, -0.2) is 4.98 Å². The van der Waals surface area contributed by atoms with Gasteiger partial charge in [0.05, 0.1) is 17.2 Å². The van der Waals surface area contributed by atoms with Crippen LogP contribution in [0, 0.1) is 0 Å². The maximum atomic E-state index is 6.05. The van der Waals surface area contributed by atoms with Crippen LogP contribution in [-0.4, -0.2) is 19.5 Å². The van der Waals surface area contributed by atoms with Crippen LogP contribution < -0.4 is 15.2 Å². The van der Waals surface area contributed by atoms with Gasteiger partial charge in [-0.15, -0.1) is 0 Å². The second-order valence-electron chi connectivity index (χ2n) is 7.10. The van der Waals surface area contributed by atoms with Gasteiger partial charge < -0.3 is 4.74 Å². The fourth-order valence-corrected chi connectivity index (χ4v) is 6.38. The van der Waals surface area contributed by atoms with E-state index in [4.69, 9.17) is 14.7 Å². The zero-order valence-electron chi connectivity index (χ0n) is 15.1. The number of nitrogens with zero attached hydrogens (tertiary/aromatic N) is 2. The standard InChI is InChI=1S/C23H16N2OSSi/c1-3-7-19-15(5-1)11-16-10-9-14(12-20(16)27-19)17-13-24-23-22(25-17)26-18-6-2-4-8-21(18)28-23/h1-10,12-13H,11,28H2. The number of rotatable bonds is 1. The minimum absolute atomic E-state index is 0.639. The van der Waals surface area contributed by atoms with Crippen LogP contribution in [-0.2, 0) is 6.42 Å². The van der Waals surface area contributed by atoms with E-state index in [9.17, 15) is 0 Å². The molecule has 0 saturated carbocycles. The molecular formula is C23H16N2OSSi. The van der Waals surface area contributed by atoms with Crippen molar-refractivity contribution in [1.29, 1.82) is 0 Å². The number of ether oxygens (including phenoxy) is 1. The normalized spacial score (nSPS) is 14.4. The Morgan fingerprint density at radius 2 is 1.75 bits per heavy atom. The predicted octanol–water partition coefficient (Wildman–Crippen LogP) is 3.42. The van der Waals surface area contributed by atoms with E-state index < -0.39 is 9.52 Å². The summed E-state index contributed by atoms with van der Waals surface area (Å²) in [7, 11) is -0.639. The Balaban J connectivity index is 1.36. The molecule has 0 saturated heterocycles. The summed E-state index contributed by atoms with van der Waals surface area (Å²) in [4.78, 5) is 12.2. The molecule has 0 amide bonds. The number of hydrogen-bond donors (Lipinski definition) is 0. The SMILES string of the molecule is c1ccc2c(c1)Cc1ccc(-c3cnc4c(n3)Oc3ccccc3[SiH2]4)cc1S2. The molecule has 0 N–H and O–H groups in total. The lowest BCUT2D eigenvalue weighted by Crippen LogP contribution is -2.36. The summed E-state index contributed by atoms with van der Waals surface area (Å²) in [5.74, 6) is 1.62. The van der Waals surface area contributed by atoms with E-state index in [-0.39, 0.29) is 0 Å². The Bertz CT molecular complexity index is 1140. The van der Waals surface area contributed by atoms with E-state index in [1.54, 1.807) is 0 Å². The molecule has 6 rings (SSSR count). The maximum absolute atomic E-state index is 6.05. The first-order valence-corrected chi connectivity index (χ1v) is 11.6. The second kappa shape index (κ2) is 6.33. The van der Waals surface area contributed by atoms with Crippen LogP contribution in [0.25, 0.3) is 11.3 Å². The van der Waals surface area contributed by atoms with Crippen LogP contribution >= 0.6 is 11.8 Å². The molecule has 2 aliphatic rings. The second-order valence-corrected chi connectivity index (χ2v) is 9.97. The lowest BCUT2D eigenvalue weighted by molar-refractivity contribution is 0.466. The van der Waals surface area contributed by atoms with Crippen molar-refractivity contribution in [3.05, 3.63) is 84.1 Å². The molecule has 5 heteroatoms. The average molecular weight is 397 g/mol. The van der Waals surface area contributed by atoms with Gasteiger partial charge in [0.2, 0.25) is 5.88 Å². The van der Waals surface area contributed by atoms with Crippen LogP contribution in [0.4, 0.5) is 0 Å². The number of benzene rings is 3. The van der Waals surface area contributed by atoms with Crippen molar-refractivity contribution in [2.45, 2.75) is 16.2 Å². The Labute approximate surface area is 169 Å². The molecule has 2 aliphatic heterocycles. The lowest BCUT2D eigenvalue weighted by atomic mass is 10.0. The van der Waals surface area contributed by atoms with Gasteiger partial charge in [0, 0.05) is 15.4 Å². The summed E-state index contributed by atoms with van der Waals surface area (Å²) in [5.41, 5.74) is 4.73. The first-order chi connectivity index (χ1) is 13.8. The van der Waals surface area contributed by atoms with Gasteiger partial charge in [-0.05, 0) is 40.9 Å². The molecule has 28 heavy (non-hydrogen) atoms. The van der Waals surface area contributed by atoms with Crippen LogP contribution in [0.15, 0.2) is 82.7 Å². The van der Waals surface area contributed by atoms with E-state index in [2.05, 4.69) is 54.6 Å². The molecule has 1 aromatic heterocycles. The van der Waals surface area contributed by atoms with Gasteiger partial charge in [-0.2, -0.15) is 0 Å². The summed E-state index contributed by atoms with van der Waals surface area (Å²) in [5, 5.41) is 2.32. The van der Waals surface area contributed by atoms with Crippen LogP contribution in [0.3, 0.4) is 0 Å². The van der Waals surface area contributed by atoms with Crippen molar-refractivity contribution in [2.24, 2.45) is 0 Å². The number of fused-ring (bicyclic) bond motifs is 4. The van der Waals surface area contributed by atoms with Gasteiger partial charge in [0.25, 0.3) is 0 Å². The predicted molar refractivity (Wildman–Crippen MR) is 115 cm³/mol. The summed E-state index contributed by atoms with van der Waals surface area (Å²) in [6.45, 7) is 0. The Hall–Kier alpha value is -2.89. The van der Waals surface area contributed by atoms with E-state index in [0.29, 0.717) is 5.88 Å². The quantitative estimate of drug-likeness (QED) is 0.399. The summed E-state index contributed by atoms with van der Waals surface area (Å²) < 4.78 is 6.05. The van der Waals surface area contributed by atoms with Crippen LogP contribution in [0.1, 0.15) is 11.1 Å². The smallest absolute Gasteiger partial charge is 0.236 e. The molecule has 0 aliphatic carbocycles. The Kier molecular flexibility index (Phi) is 3.64. The third kappa shape index (κ3) is 2.66. The third-order valence-corrected chi connectivity index (χ3v) is 8.29. The first-order valence-electron chi connectivity index (χ1n) is 9.34. The average Bonchev–Trinajstić information content (AvgIpc) is 2.75. The highest BCUT2D eigenvalue weighted by Gasteiger charge is 2.21. The fraction of sp³-hybridized carbons (Fsp3) is 0.0435. The topological polar surface area (TPSA) is 35.0 Å². The van der Waals surface area contributed by atoms with Crippen LogP contribution in [0.5, 0.6) is 11.6 Å². The van der Waals surface area contributed by atoms with Crippen molar-refractivity contribution < 1.29 is 4.74 Å². The van der Waals surface area contributed by atoms with E-state index >= 15 is 0 Å². The van der Waals surface area contributed by atoms with Gasteiger partial charge in [-0.3, -0.25) is 4.98 Å². The molecule has 0 bridgehead atoms. The summed E-state index contributed by atoms with van der Waals surface area (Å²) >= 11 is 1.84. The highest BCUT2D eigenvalue weighted by molar-refractivity contribution is 7.99. The zero-order chi connectivity index (χ0) is 18.5.